The highest BCUT2D eigenvalue weighted by molar-refractivity contribution is 5.77. The van der Waals surface area contributed by atoms with Crippen molar-refractivity contribution >= 4 is 11.6 Å². The summed E-state index contributed by atoms with van der Waals surface area (Å²) in [6, 6.07) is 3.49. The first kappa shape index (κ1) is 15.3. The van der Waals surface area contributed by atoms with Gasteiger partial charge in [0.15, 0.2) is 12.3 Å². The van der Waals surface area contributed by atoms with Crippen LogP contribution < -0.4 is 10.1 Å². The largest absolute Gasteiger partial charge is 0.467 e. The maximum Gasteiger partial charge on any atom is 0.258 e. The quantitative estimate of drug-likeness (QED) is 0.902. The van der Waals surface area contributed by atoms with Crippen LogP contribution in [-0.4, -0.2) is 50.6 Å². The van der Waals surface area contributed by atoms with E-state index in [1.54, 1.807) is 12.1 Å². The number of rotatable bonds is 4. The van der Waals surface area contributed by atoms with E-state index in [1.807, 2.05) is 0 Å². The summed E-state index contributed by atoms with van der Waals surface area (Å²) in [5, 5.41) is 14.8. The Balaban J connectivity index is 1.27. The van der Waals surface area contributed by atoms with Gasteiger partial charge in [-0.2, -0.15) is 4.52 Å². The van der Waals surface area contributed by atoms with Crippen LogP contribution in [0.4, 0.5) is 0 Å². The number of carbonyl (C=O) groups excluding carboxylic acids is 1. The van der Waals surface area contributed by atoms with Crippen molar-refractivity contribution in [3.8, 4) is 5.88 Å². The molecule has 1 amide bonds. The van der Waals surface area contributed by atoms with Crippen molar-refractivity contribution in [1.29, 1.82) is 0 Å². The molecule has 24 heavy (non-hydrogen) atoms. The van der Waals surface area contributed by atoms with Crippen LogP contribution >= 0.6 is 0 Å². The molecule has 0 aromatic carbocycles. The number of hydrogen-bond acceptors (Lipinski definition) is 6. The minimum Gasteiger partial charge on any atom is -0.467 e. The first-order valence-electron chi connectivity index (χ1n) is 8.46. The predicted molar refractivity (Wildman–Crippen MR) is 84.6 cm³/mol. The number of hydrogen-bond donors (Lipinski definition) is 1. The molecule has 1 aliphatic heterocycles. The Bertz CT molecular complexity index is 725. The Kier molecular flexibility index (Phi) is 4.05. The second-order valence-electron chi connectivity index (χ2n) is 6.62. The van der Waals surface area contributed by atoms with E-state index in [2.05, 4.69) is 20.6 Å². The molecule has 2 aromatic rings. The zero-order valence-electron chi connectivity index (χ0n) is 13.5. The molecule has 1 aliphatic carbocycles. The summed E-state index contributed by atoms with van der Waals surface area (Å²) in [4.78, 5) is 12.1. The van der Waals surface area contributed by atoms with Gasteiger partial charge in [-0.05, 0) is 25.3 Å². The highest BCUT2D eigenvalue weighted by Crippen LogP contribution is 2.39. The third kappa shape index (κ3) is 3.19. The predicted octanol–water partition coefficient (Wildman–Crippen LogP) is 1.11. The molecule has 2 aliphatic rings. The number of nitrogens with zero attached hydrogens (tertiary/aromatic N) is 4. The number of ether oxygens (including phenoxy) is 2. The summed E-state index contributed by atoms with van der Waals surface area (Å²) in [6.45, 7) is 0.529. The second-order valence-corrected chi connectivity index (χ2v) is 6.62. The zero-order chi connectivity index (χ0) is 16.4. The van der Waals surface area contributed by atoms with E-state index in [9.17, 15) is 4.79 Å². The Morgan fingerprint density at radius 3 is 3.12 bits per heavy atom. The number of fused-ring (bicyclic) bond motifs is 1. The van der Waals surface area contributed by atoms with E-state index in [0.717, 1.165) is 19.3 Å². The number of amides is 1. The number of aromatic nitrogens is 4. The summed E-state index contributed by atoms with van der Waals surface area (Å²) < 4.78 is 13.0. The maximum atomic E-state index is 12.1. The topological polar surface area (TPSA) is 90.6 Å². The molecule has 2 fully saturated rings. The Morgan fingerprint density at radius 2 is 2.25 bits per heavy atom. The van der Waals surface area contributed by atoms with E-state index in [1.165, 1.54) is 30.1 Å². The molecule has 3 heterocycles. The Labute approximate surface area is 139 Å². The van der Waals surface area contributed by atoms with Gasteiger partial charge in [0, 0.05) is 6.07 Å². The van der Waals surface area contributed by atoms with Crippen molar-refractivity contribution in [3.63, 3.8) is 0 Å². The van der Waals surface area contributed by atoms with Gasteiger partial charge in [0.1, 0.15) is 6.33 Å². The average Bonchev–Trinajstić information content (AvgIpc) is 3.20. The second kappa shape index (κ2) is 6.35. The van der Waals surface area contributed by atoms with Crippen LogP contribution in [0.1, 0.15) is 38.5 Å². The molecule has 4 rings (SSSR count). The molecule has 128 valence electrons. The van der Waals surface area contributed by atoms with Gasteiger partial charge in [-0.25, -0.2) is 0 Å². The molecule has 1 saturated carbocycles. The molecule has 1 atom stereocenters. The van der Waals surface area contributed by atoms with Crippen LogP contribution in [0.15, 0.2) is 18.5 Å². The monoisotopic (exact) mass is 331 g/mol. The Morgan fingerprint density at radius 1 is 1.38 bits per heavy atom. The molecule has 1 spiro atoms. The van der Waals surface area contributed by atoms with E-state index in [4.69, 9.17) is 9.47 Å². The lowest BCUT2D eigenvalue weighted by Crippen LogP contribution is -2.39. The first-order valence-corrected chi connectivity index (χ1v) is 8.46. The van der Waals surface area contributed by atoms with Gasteiger partial charge in [0.05, 0.1) is 18.2 Å². The smallest absolute Gasteiger partial charge is 0.258 e. The van der Waals surface area contributed by atoms with Crippen molar-refractivity contribution in [3.05, 3.63) is 18.5 Å². The van der Waals surface area contributed by atoms with Gasteiger partial charge in [0.25, 0.3) is 5.91 Å². The molecular formula is C16H21N5O3. The first-order chi connectivity index (χ1) is 11.7. The van der Waals surface area contributed by atoms with Crippen molar-refractivity contribution in [1.82, 2.24) is 25.1 Å². The molecule has 2 aromatic heterocycles. The van der Waals surface area contributed by atoms with Crippen molar-refractivity contribution in [2.75, 3.05) is 13.2 Å². The third-order valence-corrected chi connectivity index (χ3v) is 4.83. The van der Waals surface area contributed by atoms with Crippen LogP contribution in [0.25, 0.3) is 5.65 Å². The maximum absolute atomic E-state index is 12.1. The van der Waals surface area contributed by atoms with Crippen molar-refractivity contribution < 1.29 is 14.3 Å². The lowest BCUT2D eigenvalue weighted by Gasteiger charge is -2.32. The van der Waals surface area contributed by atoms with Crippen molar-refractivity contribution in [2.24, 2.45) is 0 Å². The van der Waals surface area contributed by atoms with E-state index in [-0.39, 0.29) is 24.2 Å². The number of carbonyl (C=O) groups is 1. The number of nitrogens with one attached hydrogen (secondary N) is 1. The van der Waals surface area contributed by atoms with Gasteiger partial charge < -0.3 is 14.8 Å². The highest BCUT2D eigenvalue weighted by atomic mass is 16.5. The van der Waals surface area contributed by atoms with Crippen LogP contribution in [0.2, 0.25) is 0 Å². The van der Waals surface area contributed by atoms with Crippen LogP contribution in [0.5, 0.6) is 5.88 Å². The fraction of sp³-hybridized carbons (Fsp3) is 0.625. The van der Waals surface area contributed by atoms with E-state index < -0.39 is 0 Å². The highest BCUT2D eigenvalue weighted by Gasteiger charge is 2.41. The van der Waals surface area contributed by atoms with Crippen LogP contribution in [0, 0.1) is 0 Å². The summed E-state index contributed by atoms with van der Waals surface area (Å²) in [5.74, 6) is 0.214. The van der Waals surface area contributed by atoms with Crippen LogP contribution in [0.3, 0.4) is 0 Å². The lowest BCUT2D eigenvalue weighted by molar-refractivity contribution is -0.123. The Hall–Kier alpha value is -2.22. The normalized spacial score (nSPS) is 22.8. The fourth-order valence-corrected chi connectivity index (χ4v) is 3.68. The molecule has 8 nitrogen and oxygen atoms in total. The summed E-state index contributed by atoms with van der Waals surface area (Å²) >= 11 is 0. The van der Waals surface area contributed by atoms with Crippen LogP contribution in [-0.2, 0) is 9.53 Å². The molecule has 0 unspecified atom stereocenters. The van der Waals surface area contributed by atoms with Gasteiger partial charge in [0.2, 0.25) is 5.88 Å². The molecular weight excluding hydrogens is 310 g/mol. The summed E-state index contributed by atoms with van der Waals surface area (Å²) in [5.41, 5.74) is 0.630. The molecule has 8 heteroatoms. The van der Waals surface area contributed by atoms with Gasteiger partial charge in [-0.3, -0.25) is 4.79 Å². The summed E-state index contributed by atoms with van der Waals surface area (Å²) in [7, 11) is 0. The summed E-state index contributed by atoms with van der Waals surface area (Å²) in [6.07, 6.45) is 8.35. The van der Waals surface area contributed by atoms with Gasteiger partial charge in [-0.1, -0.05) is 19.3 Å². The molecule has 0 bridgehead atoms. The van der Waals surface area contributed by atoms with E-state index >= 15 is 0 Å². The lowest BCUT2D eigenvalue weighted by atomic mass is 9.82. The van der Waals surface area contributed by atoms with E-state index in [0.29, 0.717) is 18.1 Å². The minimum atomic E-state index is -0.151. The third-order valence-electron chi connectivity index (χ3n) is 4.83. The standard InChI is InChI=1S/C16H21N5O3/c22-14(10-23-15-5-4-13-19-17-11-21(13)20-15)18-12-8-16(24-9-12)6-2-1-3-7-16/h4-5,11-12H,1-3,6-10H2,(H,18,22)/t12-/m0/s1. The van der Waals surface area contributed by atoms with Gasteiger partial charge >= 0.3 is 0 Å². The molecule has 0 radical (unpaired) electrons. The molecule has 1 N–H and O–H groups in total. The van der Waals surface area contributed by atoms with Crippen molar-refractivity contribution in [2.45, 2.75) is 50.2 Å². The zero-order valence-corrected chi connectivity index (χ0v) is 13.5. The average molecular weight is 331 g/mol. The fourth-order valence-electron chi connectivity index (χ4n) is 3.68. The molecule has 1 saturated heterocycles. The minimum absolute atomic E-state index is 0.00192. The SMILES string of the molecule is O=C(COc1ccc2nncn2n1)N[C@@H]1COC2(CCCCC2)C1. The van der Waals surface area contributed by atoms with Gasteiger partial charge in [-0.15, -0.1) is 15.3 Å².